The normalized spacial score (nSPS) is 23.9. The van der Waals surface area contributed by atoms with Crippen molar-refractivity contribution in [3.05, 3.63) is 105 Å². The number of Topliss-reactive ketones (excluding diaryl/α,β-unsaturated/α-hetero) is 2. The second-order valence-corrected chi connectivity index (χ2v) is 8.82. The smallest absolute Gasteiger partial charge is 0.269 e. The Hall–Kier alpha value is -4.57. The maximum Gasteiger partial charge on any atom is 0.269 e. The number of anilines is 1. The summed E-state index contributed by atoms with van der Waals surface area (Å²) in [6.45, 7) is 0. The van der Waals surface area contributed by atoms with E-state index in [4.69, 9.17) is 4.74 Å². The quantitative estimate of drug-likeness (QED) is 0.240. The number of fused-ring (bicyclic) bond motifs is 3. The Morgan fingerprint density at radius 1 is 0.833 bits per heavy atom. The molecule has 0 bridgehead atoms. The highest BCUT2D eigenvalue weighted by Gasteiger charge is 2.74. The van der Waals surface area contributed by atoms with Crippen molar-refractivity contribution in [2.45, 2.75) is 11.7 Å². The monoisotopic (exact) mass is 486 g/mol. The molecule has 1 spiro atoms. The predicted molar refractivity (Wildman–Crippen MR) is 121 cm³/mol. The molecule has 1 aliphatic carbocycles. The van der Waals surface area contributed by atoms with Gasteiger partial charge in [-0.3, -0.25) is 29.3 Å². The van der Waals surface area contributed by atoms with Gasteiger partial charge in [-0.15, -0.1) is 0 Å². The molecule has 3 aromatic rings. The van der Waals surface area contributed by atoms with Crippen LogP contribution in [0.1, 0.15) is 32.4 Å². The van der Waals surface area contributed by atoms with Gasteiger partial charge in [0.05, 0.1) is 28.6 Å². The molecule has 3 aromatic carbocycles. The molecule has 36 heavy (non-hydrogen) atoms. The highest BCUT2D eigenvalue weighted by Crippen LogP contribution is 2.57. The maximum absolute atomic E-state index is 13.8. The molecule has 10 heteroatoms. The number of nitrogens with zero attached hydrogens (tertiary/aromatic N) is 2. The van der Waals surface area contributed by atoms with Crippen LogP contribution in [-0.4, -0.2) is 33.9 Å². The predicted octanol–water partition coefficient (Wildman–Crippen LogP) is 3.43. The molecule has 2 amide bonds. The molecular weight excluding hydrogens is 471 g/mol. The molecule has 3 atom stereocenters. The Morgan fingerprint density at radius 3 is 1.97 bits per heavy atom. The number of non-ortho nitro benzene ring substituents is 1. The average molecular weight is 486 g/mol. The summed E-state index contributed by atoms with van der Waals surface area (Å²) < 4.78 is 19.7. The molecular formula is C26H15FN2O7. The van der Waals surface area contributed by atoms with Gasteiger partial charge in [-0.25, -0.2) is 9.29 Å². The fourth-order valence-electron chi connectivity index (χ4n) is 5.45. The molecule has 178 valence electrons. The lowest BCUT2D eigenvalue weighted by atomic mass is 9.77. The first-order chi connectivity index (χ1) is 17.3. The molecule has 2 aliphatic heterocycles. The third kappa shape index (κ3) is 2.73. The number of nitro benzene ring substituents is 1. The summed E-state index contributed by atoms with van der Waals surface area (Å²) in [5.41, 5.74) is -1.92. The molecule has 2 saturated heterocycles. The van der Waals surface area contributed by atoms with Crippen molar-refractivity contribution in [1.82, 2.24) is 0 Å². The summed E-state index contributed by atoms with van der Waals surface area (Å²) in [6, 6.07) is 15.9. The Balaban J connectivity index is 1.51. The van der Waals surface area contributed by atoms with Crippen LogP contribution >= 0.6 is 0 Å². The third-order valence-electron chi connectivity index (χ3n) is 7.04. The number of imide groups is 1. The highest BCUT2D eigenvalue weighted by atomic mass is 19.1. The number of ketones is 2. The van der Waals surface area contributed by atoms with Gasteiger partial charge in [-0.05, 0) is 29.8 Å². The SMILES string of the molecule is O=C1C2C(c3ccc(F)cc3)OC3(C(=O)c4ccccc4C3=O)C2C(=O)N1c1ccc([N+](=O)[O-])cc1. The lowest BCUT2D eigenvalue weighted by molar-refractivity contribution is -0.384. The minimum absolute atomic E-state index is 0.0633. The molecule has 2 fully saturated rings. The third-order valence-corrected chi connectivity index (χ3v) is 7.04. The molecule has 0 radical (unpaired) electrons. The largest absolute Gasteiger partial charge is 0.349 e. The first-order valence-corrected chi connectivity index (χ1v) is 11.0. The van der Waals surface area contributed by atoms with Gasteiger partial charge in [0.25, 0.3) is 5.69 Å². The number of carbonyl (C=O) groups excluding carboxylic acids is 4. The summed E-state index contributed by atoms with van der Waals surface area (Å²) in [7, 11) is 0. The van der Waals surface area contributed by atoms with Crippen molar-refractivity contribution in [2.75, 3.05) is 4.90 Å². The Bertz CT molecular complexity index is 1460. The Morgan fingerprint density at radius 2 is 1.42 bits per heavy atom. The number of nitro groups is 1. The number of hydrogen-bond donors (Lipinski definition) is 0. The molecule has 0 aromatic heterocycles. The fraction of sp³-hybridized carbons (Fsp3) is 0.154. The van der Waals surface area contributed by atoms with Crippen molar-refractivity contribution in [2.24, 2.45) is 11.8 Å². The maximum atomic E-state index is 13.8. The lowest BCUT2D eigenvalue weighted by Gasteiger charge is -2.27. The van der Waals surface area contributed by atoms with E-state index in [-0.39, 0.29) is 22.5 Å². The van der Waals surface area contributed by atoms with Crippen LogP contribution in [0.25, 0.3) is 0 Å². The van der Waals surface area contributed by atoms with E-state index >= 15 is 0 Å². The van der Waals surface area contributed by atoms with E-state index in [0.29, 0.717) is 5.56 Å². The van der Waals surface area contributed by atoms with Crippen LogP contribution in [0, 0.1) is 27.8 Å². The van der Waals surface area contributed by atoms with Crippen molar-refractivity contribution < 1.29 is 33.2 Å². The number of carbonyl (C=O) groups is 4. The first-order valence-electron chi connectivity index (χ1n) is 11.0. The van der Waals surface area contributed by atoms with Crippen LogP contribution in [0.4, 0.5) is 15.8 Å². The van der Waals surface area contributed by atoms with Crippen LogP contribution < -0.4 is 4.90 Å². The molecule has 0 N–H and O–H groups in total. The summed E-state index contributed by atoms with van der Waals surface area (Å²) >= 11 is 0. The molecule has 2 heterocycles. The van der Waals surface area contributed by atoms with E-state index < -0.39 is 57.7 Å². The van der Waals surface area contributed by atoms with Gasteiger partial charge in [0.15, 0.2) is 0 Å². The van der Waals surface area contributed by atoms with Crippen LogP contribution in [0.2, 0.25) is 0 Å². The zero-order valence-electron chi connectivity index (χ0n) is 18.3. The van der Waals surface area contributed by atoms with Gasteiger partial charge in [-0.1, -0.05) is 36.4 Å². The first kappa shape index (κ1) is 21.9. The van der Waals surface area contributed by atoms with Crippen LogP contribution in [0.5, 0.6) is 0 Å². The summed E-state index contributed by atoms with van der Waals surface area (Å²) in [5, 5.41) is 11.0. The van der Waals surface area contributed by atoms with Crippen molar-refractivity contribution in [3.63, 3.8) is 0 Å². The Labute approximate surface area is 202 Å². The van der Waals surface area contributed by atoms with Gasteiger partial charge in [0.2, 0.25) is 29.0 Å². The van der Waals surface area contributed by atoms with Crippen LogP contribution in [-0.2, 0) is 14.3 Å². The van der Waals surface area contributed by atoms with E-state index in [1.165, 1.54) is 36.4 Å². The van der Waals surface area contributed by atoms with Gasteiger partial charge in [0.1, 0.15) is 5.82 Å². The molecule has 3 aliphatic rings. The minimum Gasteiger partial charge on any atom is -0.349 e. The molecule has 3 unspecified atom stereocenters. The van der Waals surface area contributed by atoms with E-state index in [1.54, 1.807) is 12.1 Å². The Kier molecular flexibility index (Phi) is 4.55. The number of amides is 2. The van der Waals surface area contributed by atoms with Gasteiger partial charge >= 0.3 is 0 Å². The number of halogens is 1. The van der Waals surface area contributed by atoms with Crippen molar-refractivity contribution >= 4 is 34.8 Å². The second kappa shape index (κ2) is 7.46. The second-order valence-electron chi connectivity index (χ2n) is 8.82. The summed E-state index contributed by atoms with van der Waals surface area (Å²) in [4.78, 5) is 66.0. The van der Waals surface area contributed by atoms with E-state index in [2.05, 4.69) is 0 Å². The zero-order chi connectivity index (χ0) is 25.4. The number of rotatable bonds is 3. The van der Waals surface area contributed by atoms with E-state index in [0.717, 1.165) is 29.2 Å². The van der Waals surface area contributed by atoms with Crippen LogP contribution in [0.3, 0.4) is 0 Å². The van der Waals surface area contributed by atoms with E-state index in [1.807, 2.05) is 0 Å². The number of hydrogen-bond acceptors (Lipinski definition) is 7. The zero-order valence-corrected chi connectivity index (χ0v) is 18.3. The standard InChI is InChI=1S/C26H15FN2O7/c27-14-7-5-13(6-8-14)21-19-20(26(36-21)22(30)17-3-1-2-4-18(17)23(26)31)25(33)28(24(19)32)15-9-11-16(12-10-15)29(34)35/h1-12,19-21H. The minimum atomic E-state index is -2.25. The van der Waals surface area contributed by atoms with Crippen molar-refractivity contribution in [3.8, 4) is 0 Å². The fourth-order valence-corrected chi connectivity index (χ4v) is 5.45. The molecule has 0 saturated carbocycles. The summed E-state index contributed by atoms with van der Waals surface area (Å²) in [5.74, 6) is -6.23. The van der Waals surface area contributed by atoms with Gasteiger partial charge in [0, 0.05) is 23.3 Å². The topological polar surface area (TPSA) is 124 Å². The molecule has 6 rings (SSSR count). The lowest BCUT2D eigenvalue weighted by Crippen LogP contribution is -2.51. The average Bonchev–Trinajstić information content (AvgIpc) is 3.44. The van der Waals surface area contributed by atoms with Crippen LogP contribution in [0.15, 0.2) is 72.8 Å². The summed E-state index contributed by atoms with van der Waals surface area (Å²) in [6.07, 6.45) is -1.18. The number of ether oxygens (including phenoxy) is 1. The molecule has 9 nitrogen and oxygen atoms in total. The van der Waals surface area contributed by atoms with E-state index in [9.17, 15) is 33.7 Å². The highest BCUT2D eigenvalue weighted by molar-refractivity contribution is 6.37. The van der Waals surface area contributed by atoms with Gasteiger partial charge < -0.3 is 4.74 Å². The number of benzene rings is 3. The van der Waals surface area contributed by atoms with Crippen molar-refractivity contribution in [1.29, 1.82) is 0 Å². The van der Waals surface area contributed by atoms with Gasteiger partial charge in [-0.2, -0.15) is 0 Å².